The average Bonchev–Trinajstić information content (AvgIpc) is 2.75. The Morgan fingerprint density at radius 1 is 0.833 bits per heavy atom. The van der Waals surface area contributed by atoms with Crippen LogP contribution in [0, 0.1) is 20.8 Å². The summed E-state index contributed by atoms with van der Waals surface area (Å²) in [5.74, 6) is 2.30. The van der Waals surface area contributed by atoms with Crippen LogP contribution in [0.5, 0.6) is 0 Å². The van der Waals surface area contributed by atoms with Crippen molar-refractivity contribution >= 4 is 23.4 Å². The molecular formula is C23H26N6O. The lowest BCUT2D eigenvalue weighted by Crippen LogP contribution is -2.49. The van der Waals surface area contributed by atoms with Gasteiger partial charge in [0.05, 0.1) is 0 Å². The molecule has 7 nitrogen and oxygen atoms in total. The Labute approximate surface area is 176 Å². The number of nitrogens with one attached hydrogen (secondary N) is 1. The van der Waals surface area contributed by atoms with E-state index in [1.165, 1.54) is 0 Å². The number of aromatic nitrogens is 3. The van der Waals surface area contributed by atoms with Gasteiger partial charge in [0.15, 0.2) is 11.6 Å². The molecule has 154 valence electrons. The Bertz CT molecular complexity index is 1000. The van der Waals surface area contributed by atoms with Gasteiger partial charge in [-0.2, -0.15) is 0 Å². The third kappa shape index (κ3) is 4.56. The van der Waals surface area contributed by atoms with Gasteiger partial charge < -0.3 is 15.1 Å². The number of piperazine rings is 1. The van der Waals surface area contributed by atoms with Gasteiger partial charge in [-0.25, -0.2) is 4.98 Å². The van der Waals surface area contributed by atoms with Crippen molar-refractivity contribution in [2.24, 2.45) is 0 Å². The first-order valence-corrected chi connectivity index (χ1v) is 10.1. The Hall–Kier alpha value is -3.48. The summed E-state index contributed by atoms with van der Waals surface area (Å²) in [4.78, 5) is 21.2. The fourth-order valence-electron chi connectivity index (χ4n) is 3.65. The predicted octanol–water partition coefficient (Wildman–Crippen LogP) is 3.50. The van der Waals surface area contributed by atoms with Gasteiger partial charge in [-0.3, -0.25) is 4.79 Å². The number of aryl methyl sites for hydroxylation is 3. The lowest BCUT2D eigenvalue weighted by molar-refractivity contribution is 0.0746. The second-order valence-electron chi connectivity index (χ2n) is 7.78. The molecule has 1 aromatic carbocycles. The molecule has 0 saturated carbocycles. The van der Waals surface area contributed by atoms with Gasteiger partial charge in [0.1, 0.15) is 5.82 Å². The van der Waals surface area contributed by atoms with E-state index < -0.39 is 0 Å². The maximum atomic E-state index is 12.9. The number of amides is 1. The van der Waals surface area contributed by atoms with Crippen molar-refractivity contribution in [3.05, 3.63) is 70.9 Å². The molecule has 0 bridgehead atoms. The summed E-state index contributed by atoms with van der Waals surface area (Å²) in [6.45, 7) is 8.85. The largest absolute Gasteiger partial charge is 0.352 e. The number of anilines is 3. The van der Waals surface area contributed by atoms with Gasteiger partial charge in [0, 0.05) is 37.9 Å². The zero-order chi connectivity index (χ0) is 21.1. The second kappa shape index (κ2) is 8.49. The number of benzene rings is 1. The van der Waals surface area contributed by atoms with Crippen molar-refractivity contribution < 1.29 is 4.79 Å². The van der Waals surface area contributed by atoms with E-state index in [4.69, 9.17) is 0 Å². The highest BCUT2D eigenvalue weighted by Gasteiger charge is 2.23. The molecule has 1 aliphatic heterocycles. The molecule has 3 heterocycles. The summed E-state index contributed by atoms with van der Waals surface area (Å²) in [7, 11) is 0. The maximum absolute atomic E-state index is 12.9. The number of carbonyl (C=O) groups is 1. The third-order valence-corrected chi connectivity index (χ3v) is 5.18. The fraction of sp³-hybridized carbons (Fsp3) is 0.304. The van der Waals surface area contributed by atoms with Crippen LogP contribution in [0.3, 0.4) is 0 Å². The van der Waals surface area contributed by atoms with Crippen LogP contribution in [0.25, 0.3) is 0 Å². The smallest absolute Gasteiger partial charge is 0.253 e. The van der Waals surface area contributed by atoms with Gasteiger partial charge in [0.25, 0.3) is 5.91 Å². The number of carbonyl (C=O) groups excluding carboxylic acids is 1. The molecule has 4 rings (SSSR count). The van der Waals surface area contributed by atoms with Crippen molar-refractivity contribution in [3.63, 3.8) is 0 Å². The Morgan fingerprint density at radius 3 is 2.13 bits per heavy atom. The molecule has 0 spiro atoms. The van der Waals surface area contributed by atoms with Crippen molar-refractivity contribution in [2.45, 2.75) is 20.8 Å². The molecule has 1 aliphatic rings. The number of nitrogens with zero attached hydrogens (tertiary/aromatic N) is 5. The number of pyridine rings is 1. The minimum Gasteiger partial charge on any atom is -0.352 e. The molecule has 1 N–H and O–H groups in total. The highest BCUT2D eigenvalue weighted by molar-refractivity contribution is 5.94. The van der Waals surface area contributed by atoms with E-state index in [0.717, 1.165) is 47.0 Å². The first-order chi connectivity index (χ1) is 14.5. The molecule has 30 heavy (non-hydrogen) atoms. The van der Waals surface area contributed by atoms with Crippen LogP contribution in [-0.4, -0.2) is 52.2 Å². The highest BCUT2D eigenvalue weighted by atomic mass is 16.2. The fourth-order valence-corrected chi connectivity index (χ4v) is 3.65. The van der Waals surface area contributed by atoms with E-state index in [1.54, 1.807) is 0 Å². The normalized spacial score (nSPS) is 14.0. The quantitative estimate of drug-likeness (QED) is 0.720. The van der Waals surface area contributed by atoms with Crippen molar-refractivity contribution in [1.29, 1.82) is 0 Å². The topological polar surface area (TPSA) is 74.2 Å². The van der Waals surface area contributed by atoms with Crippen LogP contribution in [0.2, 0.25) is 0 Å². The van der Waals surface area contributed by atoms with Crippen LogP contribution < -0.4 is 10.2 Å². The molecule has 0 unspecified atom stereocenters. The summed E-state index contributed by atoms with van der Waals surface area (Å²) in [5.41, 5.74) is 4.10. The first-order valence-electron chi connectivity index (χ1n) is 10.1. The minimum absolute atomic E-state index is 0.0951. The standard InChI is InChI=1S/C23H26N6O/c1-16-4-5-20(24-15-16)25-21-6-7-22(27-26-21)28-8-10-29(11-9-28)23(30)19-13-17(2)12-18(3)14-19/h4-7,12-15H,8-11H2,1-3H3,(H,24,25,26). The van der Waals surface area contributed by atoms with Crippen LogP contribution in [0.15, 0.2) is 48.7 Å². The maximum Gasteiger partial charge on any atom is 0.253 e. The SMILES string of the molecule is Cc1ccc(Nc2ccc(N3CCN(C(=O)c4cc(C)cc(C)c4)CC3)nn2)nc1. The van der Waals surface area contributed by atoms with Gasteiger partial charge in [-0.1, -0.05) is 23.3 Å². The van der Waals surface area contributed by atoms with Gasteiger partial charge in [-0.15, -0.1) is 10.2 Å². The van der Waals surface area contributed by atoms with Crippen LogP contribution in [-0.2, 0) is 0 Å². The summed E-state index contributed by atoms with van der Waals surface area (Å²) in [6.07, 6.45) is 1.81. The molecule has 1 fully saturated rings. The van der Waals surface area contributed by atoms with Gasteiger partial charge in [0.2, 0.25) is 0 Å². The monoisotopic (exact) mass is 402 g/mol. The third-order valence-electron chi connectivity index (χ3n) is 5.18. The van der Waals surface area contributed by atoms with Crippen molar-refractivity contribution in [2.75, 3.05) is 36.4 Å². The molecule has 0 atom stereocenters. The van der Waals surface area contributed by atoms with Gasteiger partial charge in [-0.05, 0) is 56.7 Å². The number of rotatable bonds is 4. The molecule has 7 heteroatoms. The summed E-state index contributed by atoms with van der Waals surface area (Å²) < 4.78 is 0. The molecule has 1 amide bonds. The Balaban J connectivity index is 1.35. The van der Waals surface area contributed by atoms with E-state index in [0.29, 0.717) is 18.9 Å². The van der Waals surface area contributed by atoms with Gasteiger partial charge >= 0.3 is 0 Å². The van der Waals surface area contributed by atoms with Crippen LogP contribution in [0.1, 0.15) is 27.0 Å². The van der Waals surface area contributed by atoms with E-state index in [9.17, 15) is 4.79 Å². The highest BCUT2D eigenvalue weighted by Crippen LogP contribution is 2.18. The number of hydrogen-bond acceptors (Lipinski definition) is 6. The van der Waals surface area contributed by atoms with E-state index >= 15 is 0 Å². The van der Waals surface area contributed by atoms with Crippen molar-refractivity contribution in [3.8, 4) is 0 Å². The number of hydrogen-bond donors (Lipinski definition) is 1. The summed E-state index contributed by atoms with van der Waals surface area (Å²) >= 11 is 0. The van der Waals surface area contributed by atoms with E-state index in [1.807, 2.05) is 68.3 Å². The molecule has 1 saturated heterocycles. The molecular weight excluding hydrogens is 376 g/mol. The van der Waals surface area contributed by atoms with E-state index in [2.05, 4.69) is 31.5 Å². The summed E-state index contributed by atoms with van der Waals surface area (Å²) in [6, 6.07) is 13.8. The molecule has 0 radical (unpaired) electrons. The lowest BCUT2D eigenvalue weighted by atomic mass is 10.1. The molecule has 0 aliphatic carbocycles. The average molecular weight is 403 g/mol. The van der Waals surface area contributed by atoms with Crippen LogP contribution in [0.4, 0.5) is 17.5 Å². The zero-order valence-corrected chi connectivity index (χ0v) is 17.6. The zero-order valence-electron chi connectivity index (χ0n) is 17.6. The van der Waals surface area contributed by atoms with Crippen LogP contribution >= 0.6 is 0 Å². The lowest BCUT2D eigenvalue weighted by Gasteiger charge is -2.35. The molecule has 3 aromatic rings. The summed E-state index contributed by atoms with van der Waals surface area (Å²) in [5, 5.41) is 11.8. The predicted molar refractivity (Wildman–Crippen MR) is 118 cm³/mol. The first kappa shape index (κ1) is 19.8. The Morgan fingerprint density at radius 2 is 1.53 bits per heavy atom. The Kier molecular flexibility index (Phi) is 5.61. The van der Waals surface area contributed by atoms with Crippen molar-refractivity contribution in [1.82, 2.24) is 20.1 Å². The minimum atomic E-state index is 0.0951. The van der Waals surface area contributed by atoms with E-state index in [-0.39, 0.29) is 5.91 Å². The second-order valence-corrected chi connectivity index (χ2v) is 7.78. The molecule has 2 aromatic heterocycles.